The second-order valence-electron chi connectivity index (χ2n) is 12.4. The average molecular weight is 613 g/mol. The molecule has 2 heterocycles. The molecular weight excluding hydrogens is 574 g/mol. The normalized spacial score (nSPS) is 27.5. The van der Waals surface area contributed by atoms with Crippen LogP contribution in [0.3, 0.4) is 0 Å². The second-order valence-corrected chi connectivity index (χ2v) is 12.4. The topological polar surface area (TPSA) is 61.8 Å². The van der Waals surface area contributed by atoms with Crippen LogP contribution in [0.5, 0.6) is 0 Å². The maximum atomic E-state index is 13.6. The van der Waals surface area contributed by atoms with Crippen molar-refractivity contribution < 1.29 is 41.0 Å². The lowest BCUT2D eigenvalue weighted by atomic mass is 9.73. The Bertz CT molecular complexity index is 1230. The Labute approximate surface area is 247 Å². The third-order valence-electron chi connectivity index (χ3n) is 9.69. The Balaban J connectivity index is 1.31. The van der Waals surface area contributed by atoms with Crippen LogP contribution in [0.2, 0.25) is 0 Å². The van der Waals surface area contributed by atoms with E-state index in [-0.39, 0.29) is 29.4 Å². The first-order valence-corrected chi connectivity index (χ1v) is 14.9. The molecule has 0 radical (unpaired) electrons. The van der Waals surface area contributed by atoms with Gasteiger partial charge in [0.15, 0.2) is 0 Å². The number of halogens is 6. The lowest BCUT2D eigenvalue weighted by Gasteiger charge is -2.49. The van der Waals surface area contributed by atoms with Crippen molar-refractivity contribution in [2.24, 2.45) is 0 Å². The highest BCUT2D eigenvalue weighted by atomic mass is 19.4. The van der Waals surface area contributed by atoms with Gasteiger partial charge in [-0.05, 0) is 81.2 Å². The number of likely N-dealkylation sites (tertiary alicyclic amines) is 1. The lowest BCUT2D eigenvalue weighted by molar-refractivity contribution is -0.147. The van der Waals surface area contributed by atoms with E-state index in [1.54, 1.807) is 0 Å². The van der Waals surface area contributed by atoms with Crippen LogP contribution in [0.1, 0.15) is 86.5 Å². The zero-order chi connectivity index (χ0) is 31.0. The molecule has 0 bridgehead atoms. The average Bonchev–Trinajstić information content (AvgIpc) is 2.97. The fraction of sp³-hybridized carbons (Fsp3) is 0.594. The van der Waals surface area contributed by atoms with Gasteiger partial charge in [0.2, 0.25) is 5.91 Å². The van der Waals surface area contributed by atoms with E-state index in [0.29, 0.717) is 44.4 Å². The molecule has 43 heavy (non-hydrogen) atoms. The minimum atomic E-state index is -4.99. The van der Waals surface area contributed by atoms with Crippen LogP contribution >= 0.6 is 0 Å². The van der Waals surface area contributed by atoms with Crippen molar-refractivity contribution in [2.75, 3.05) is 19.7 Å². The molecule has 2 atom stereocenters. The van der Waals surface area contributed by atoms with E-state index in [1.807, 2.05) is 30.3 Å². The number of hydrogen-bond acceptors (Lipinski definition) is 4. The minimum absolute atomic E-state index is 0.0752. The summed E-state index contributed by atoms with van der Waals surface area (Å²) in [4.78, 5) is 16.0. The Hall–Kier alpha value is -2.63. The van der Waals surface area contributed by atoms with Gasteiger partial charge in [-0.15, -0.1) is 0 Å². The monoisotopic (exact) mass is 612 g/mol. The molecule has 2 saturated heterocycles. The number of amides is 1. The number of carbonyl (C=O) groups is 1. The van der Waals surface area contributed by atoms with E-state index in [1.165, 1.54) is 6.92 Å². The highest BCUT2D eigenvalue weighted by Crippen LogP contribution is 2.43. The molecule has 11 heteroatoms. The van der Waals surface area contributed by atoms with E-state index in [4.69, 9.17) is 4.74 Å². The molecule has 1 spiro atoms. The fourth-order valence-electron chi connectivity index (χ4n) is 7.07. The smallest absolute Gasteiger partial charge is 0.393 e. The summed E-state index contributed by atoms with van der Waals surface area (Å²) < 4.78 is 87.0. The zero-order valence-corrected chi connectivity index (χ0v) is 24.1. The zero-order valence-electron chi connectivity index (χ0n) is 24.1. The summed E-state index contributed by atoms with van der Waals surface area (Å²) in [6, 6.07) is 11.0. The second kappa shape index (κ2) is 12.0. The number of aliphatic hydroxyl groups excluding tert-OH is 1. The lowest BCUT2D eigenvalue weighted by Crippen LogP contribution is -2.55. The van der Waals surface area contributed by atoms with E-state index < -0.39 is 40.8 Å². The predicted molar refractivity (Wildman–Crippen MR) is 148 cm³/mol. The molecule has 2 aromatic carbocycles. The maximum Gasteiger partial charge on any atom is 0.416 e. The maximum absolute atomic E-state index is 13.6. The van der Waals surface area contributed by atoms with Crippen molar-refractivity contribution in [1.29, 1.82) is 0 Å². The van der Waals surface area contributed by atoms with Gasteiger partial charge < -0.3 is 20.1 Å². The van der Waals surface area contributed by atoms with Crippen LogP contribution in [0.15, 0.2) is 48.5 Å². The summed E-state index contributed by atoms with van der Waals surface area (Å²) in [5.74, 6) is -1.87. The minimum Gasteiger partial charge on any atom is -0.393 e. The molecule has 1 saturated carbocycles. The first-order chi connectivity index (χ1) is 20.2. The Morgan fingerprint density at radius 2 is 1.51 bits per heavy atom. The van der Waals surface area contributed by atoms with Crippen molar-refractivity contribution in [1.82, 2.24) is 10.2 Å². The number of hydrogen-bond donors (Lipinski definition) is 2. The number of nitrogens with one attached hydrogen (secondary N) is 1. The van der Waals surface area contributed by atoms with Crippen LogP contribution in [0.4, 0.5) is 26.3 Å². The molecule has 236 valence electrons. The molecule has 0 aromatic heterocycles. The first-order valence-electron chi connectivity index (χ1n) is 14.9. The fourth-order valence-corrected chi connectivity index (χ4v) is 7.07. The molecule has 2 unspecified atom stereocenters. The van der Waals surface area contributed by atoms with Crippen LogP contribution < -0.4 is 5.32 Å². The first kappa shape index (κ1) is 31.8. The summed E-state index contributed by atoms with van der Waals surface area (Å²) in [5, 5.41) is 13.2. The quantitative estimate of drug-likeness (QED) is 0.365. The number of aliphatic hydroxyl groups is 1. The SMILES string of the molecule is CC(C(=O)N[C@]1(c2ccccc2)CC[C@@H](N2CCC3(CC2)CC(O)CCO3)CC1)c1cc(C(F)(F)F)cc(C(F)(F)F)c1. The van der Waals surface area contributed by atoms with Gasteiger partial charge in [-0.3, -0.25) is 4.79 Å². The summed E-state index contributed by atoms with van der Waals surface area (Å²) in [6.07, 6.45) is -4.63. The molecule has 1 amide bonds. The third kappa shape index (κ3) is 7.04. The van der Waals surface area contributed by atoms with Crippen LogP contribution in [0.25, 0.3) is 0 Å². The molecule has 5 nitrogen and oxygen atoms in total. The van der Waals surface area contributed by atoms with Crippen molar-refractivity contribution in [3.05, 3.63) is 70.8 Å². The number of nitrogens with zero attached hydrogens (tertiary/aromatic N) is 1. The van der Waals surface area contributed by atoms with Crippen molar-refractivity contribution in [2.45, 2.75) is 99.8 Å². The standard InChI is InChI=1S/C32H38F6N2O3/c1-21(22-17-24(31(33,34)35)19-25(18-22)32(36,37)38)28(42)39-30(23-5-3-2-4-6-23)10-7-26(8-11-30)40-14-12-29(13-15-40)20-27(41)9-16-43-29/h2-6,17-19,21,26-27,41H,7-16,20H2,1H3,(H,39,42)/t21?,26-,27?,30-. The number of carbonyl (C=O) groups excluding carboxylic acids is 1. The van der Waals surface area contributed by atoms with E-state index in [2.05, 4.69) is 10.2 Å². The largest absolute Gasteiger partial charge is 0.416 e. The van der Waals surface area contributed by atoms with E-state index in [9.17, 15) is 36.2 Å². The molecule has 3 fully saturated rings. The summed E-state index contributed by atoms with van der Waals surface area (Å²) >= 11 is 0. The molecule has 2 aliphatic heterocycles. The number of rotatable bonds is 5. The number of benzene rings is 2. The molecule has 1 aliphatic carbocycles. The summed E-state index contributed by atoms with van der Waals surface area (Å²) in [7, 11) is 0. The number of ether oxygens (including phenoxy) is 1. The van der Waals surface area contributed by atoms with Gasteiger partial charge in [0.05, 0.1) is 34.3 Å². The highest BCUT2D eigenvalue weighted by molar-refractivity contribution is 5.84. The van der Waals surface area contributed by atoms with Gasteiger partial charge in [-0.25, -0.2) is 0 Å². The Morgan fingerprint density at radius 3 is 2.05 bits per heavy atom. The number of alkyl halides is 6. The van der Waals surface area contributed by atoms with Crippen LogP contribution in [-0.4, -0.2) is 53.4 Å². The van der Waals surface area contributed by atoms with Crippen molar-refractivity contribution in [3.8, 4) is 0 Å². The van der Waals surface area contributed by atoms with Gasteiger partial charge in [-0.2, -0.15) is 26.3 Å². The van der Waals surface area contributed by atoms with Crippen molar-refractivity contribution in [3.63, 3.8) is 0 Å². The van der Waals surface area contributed by atoms with Gasteiger partial charge in [0, 0.05) is 32.2 Å². The van der Waals surface area contributed by atoms with Crippen LogP contribution in [0, 0.1) is 0 Å². The Kier molecular flexibility index (Phi) is 8.90. The Morgan fingerprint density at radius 1 is 0.930 bits per heavy atom. The van der Waals surface area contributed by atoms with Gasteiger partial charge in [0.1, 0.15) is 0 Å². The van der Waals surface area contributed by atoms with Gasteiger partial charge >= 0.3 is 12.4 Å². The van der Waals surface area contributed by atoms with E-state index in [0.717, 1.165) is 44.3 Å². The van der Waals surface area contributed by atoms with E-state index >= 15 is 0 Å². The van der Waals surface area contributed by atoms with Crippen molar-refractivity contribution >= 4 is 5.91 Å². The van der Waals surface area contributed by atoms with Crippen LogP contribution in [-0.2, 0) is 27.4 Å². The molecule has 5 rings (SSSR count). The third-order valence-corrected chi connectivity index (χ3v) is 9.69. The molecule has 2 aromatic rings. The summed E-state index contributed by atoms with van der Waals surface area (Å²) in [6.45, 7) is 3.59. The van der Waals surface area contributed by atoms with Gasteiger partial charge in [-0.1, -0.05) is 30.3 Å². The number of piperidine rings is 1. The van der Waals surface area contributed by atoms with Gasteiger partial charge in [0.25, 0.3) is 0 Å². The predicted octanol–water partition coefficient (Wildman–Crippen LogP) is 6.79. The molecule has 3 aliphatic rings. The highest BCUT2D eigenvalue weighted by Gasteiger charge is 2.45. The molecule has 2 N–H and O–H groups in total. The molecular formula is C32H38F6N2O3. The summed E-state index contributed by atoms with van der Waals surface area (Å²) in [5.41, 5.74) is -3.43.